The highest BCUT2D eigenvalue weighted by Gasteiger charge is 2.45. The number of aliphatic hydroxyl groups is 1. The molecule has 1 unspecified atom stereocenters. The maximum atomic E-state index is 10.5. The molecule has 1 spiro atoms. The molecule has 6 nitrogen and oxygen atoms in total. The number of piperidine rings is 1. The molecule has 3 saturated heterocycles. The Kier molecular flexibility index (Phi) is 6.81. The van der Waals surface area contributed by atoms with Crippen LogP contribution in [0.2, 0.25) is 0 Å². The highest BCUT2D eigenvalue weighted by molar-refractivity contribution is 5.27. The van der Waals surface area contributed by atoms with E-state index in [0.717, 1.165) is 51.1 Å². The van der Waals surface area contributed by atoms with Gasteiger partial charge in [-0.2, -0.15) is 0 Å². The van der Waals surface area contributed by atoms with Crippen molar-refractivity contribution in [2.75, 3.05) is 59.0 Å². The summed E-state index contributed by atoms with van der Waals surface area (Å²) >= 11 is 0. The van der Waals surface area contributed by atoms with Crippen LogP contribution in [0.15, 0.2) is 24.3 Å². The minimum atomic E-state index is -0.432. The second-order valence-electron chi connectivity index (χ2n) is 10.3. The van der Waals surface area contributed by atoms with Gasteiger partial charge in [-0.25, -0.2) is 0 Å². The lowest BCUT2D eigenvalue weighted by Gasteiger charge is -2.37. The van der Waals surface area contributed by atoms with Crippen molar-refractivity contribution in [3.05, 3.63) is 29.8 Å². The van der Waals surface area contributed by atoms with Crippen LogP contribution in [0.5, 0.6) is 5.75 Å². The summed E-state index contributed by atoms with van der Waals surface area (Å²) in [5.41, 5.74) is 1.77. The van der Waals surface area contributed by atoms with Gasteiger partial charge in [-0.05, 0) is 82.4 Å². The van der Waals surface area contributed by atoms with Gasteiger partial charge in [0.15, 0.2) is 0 Å². The molecule has 1 aromatic carbocycles. The number of hydrogen-bond donors (Lipinski definition) is 2. The number of likely N-dealkylation sites (tertiary alicyclic amines) is 2. The van der Waals surface area contributed by atoms with E-state index in [0.29, 0.717) is 12.1 Å². The average molecular weight is 429 g/mol. The fourth-order valence-electron chi connectivity index (χ4n) is 5.73. The summed E-state index contributed by atoms with van der Waals surface area (Å²) in [4.78, 5) is 7.65. The third-order valence-corrected chi connectivity index (χ3v) is 7.76. The number of rotatable bonds is 8. The first-order valence-corrected chi connectivity index (χ1v) is 12.5. The molecule has 0 amide bonds. The van der Waals surface area contributed by atoms with Crippen LogP contribution in [0.3, 0.4) is 0 Å². The fraction of sp³-hybridized carbons (Fsp3) is 0.760. The number of benzene rings is 1. The van der Waals surface area contributed by atoms with E-state index in [1.165, 1.54) is 63.7 Å². The van der Waals surface area contributed by atoms with E-state index in [9.17, 15) is 5.11 Å². The van der Waals surface area contributed by atoms with E-state index in [1.54, 1.807) is 0 Å². The molecule has 2 N–H and O–H groups in total. The Morgan fingerprint density at radius 2 is 1.74 bits per heavy atom. The zero-order valence-electron chi connectivity index (χ0n) is 19.0. The van der Waals surface area contributed by atoms with Crippen molar-refractivity contribution in [1.82, 2.24) is 20.0 Å². The predicted octanol–water partition coefficient (Wildman–Crippen LogP) is 1.92. The zero-order valence-corrected chi connectivity index (χ0v) is 19.0. The van der Waals surface area contributed by atoms with Gasteiger partial charge >= 0.3 is 0 Å². The van der Waals surface area contributed by atoms with Crippen LogP contribution in [-0.4, -0.2) is 96.5 Å². The summed E-state index contributed by atoms with van der Waals surface area (Å²) in [6.07, 6.45) is 7.44. The summed E-state index contributed by atoms with van der Waals surface area (Å²) in [7, 11) is 0. The van der Waals surface area contributed by atoms with Crippen LogP contribution in [0.25, 0.3) is 0 Å². The van der Waals surface area contributed by atoms with E-state index >= 15 is 0 Å². The zero-order chi connectivity index (χ0) is 21.1. The van der Waals surface area contributed by atoms with Crippen LogP contribution in [0.4, 0.5) is 0 Å². The largest absolute Gasteiger partial charge is 0.491 e. The van der Waals surface area contributed by atoms with E-state index < -0.39 is 6.10 Å². The molecule has 172 valence electrons. The maximum absolute atomic E-state index is 10.5. The Morgan fingerprint density at radius 1 is 1.00 bits per heavy atom. The van der Waals surface area contributed by atoms with Crippen LogP contribution >= 0.6 is 0 Å². The SMILES string of the molecule is OC(COc1ccc(CN2CCNC3(CC3)C2)cc1)CN1CCC(N2CCCC2)CC1. The summed E-state index contributed by atoms with van der Waals surface area (Å²) < 4.78 is 5.89. The fourth-order valence-corrected chi connectivity index (χ4v) is 5.73. The normalized spacial score (nSPS) is 26.4. The third kappa shape index (κ3) is 5.79. The topological polar surface area (TPSA) is 51.2 Å². The quantitative estimate of drug-likeness (QED) is 0.660. The Labute approximate surface area is 187 Å². The first-order chi connectivity index (χ1) is 15.2. The van der Waals surface area contributed by atoms with E-state index in [2.05, 4.69) is 44.3 Å². The summed E-state index contributed by atoms with van der Waals surface area (Å²) in [6, 6.07) is 9.22. The lowest BCUT2D eigenvalue weighted by Crippen LogP contribution is -2.51. The van der Waals surface area contributed by atoms with Crippen molar-refractivity contribution in [3.63, 3.8) is 0 Å². The average Bonchev–Trinajstić information content (AvgIpc) is 3.29. The molecule has 3 heterocycles. The van der Waals surface area contributed by atoms with Gasteiger partial charge in [0, 0.05) is 44.3 Å². The molecule has 0 radical (unpaired) electrons. The van der Waals surface area contributed by atoms with Crippen LogP contribution < -0.4 is 10.1 Å². The number of aliphatic hydroxyl groups excluding tert-OH is 1. The molecule has 3 aliphatic heterocycles. The number of nitrogens with one attached hydrogen (secondary N) is 1. The highest BCUT2D eigenvalue weighted by atomic mass is 16.5. The van der Waals surface area contributed by atoms with Gasteiger partial charge in [0.25, 0.3) is 0 Å². The van der Waals surface area contributed by atoms with Crippen LogP contribution in [0.1, 0.15) is 44.1 Å². The Balaban J connectivity index is 1.00. The van der Waals surface area contributed by atoms with Crippen molar-refractivity contribution < 1.29 is 9.84 Å². The number of ether oxygens (including phenoxy) is 1. The van der Waals surface area contributed by atoms with Gasteiger partial charge in [-0.3, -0.25) is 4.90 Å². The Bertz CT molecular complexity index is 694. The van der Waals surface area contributed by atoms with Gasteiger partial charge in [0.1, 0.15) is 18.5 Å². The molecule has 0 aromatic heterocycles. The lowest BCUT2D eigenvalue weighted by atomic mass is 10.0. The molecule has 4 aliphatic rings. The van der Waals surface area contributed by atoms with Crippen LogP contribution in [0, 0.1) is 0 Å². The number of nitrogens with zero attached hydrogens (tertiary/aromatic N) is 3. The standard InChI is InChI=1S/C25H40N4O2/c30-23(18-27-14-7-22(8-15-27)29-12-1-2-13-29)19-31-24-5-3-21(4-6-24)17-28-16-11-26-25(20-28)9-10-25/h3-6,22-23,26,30H,1-2,7-20H2. The molecule has 1 aliphatic carbocycles. The molecule has 0 bridgehead atoms. The van der Waals surface area contributed by atoms with Gasteiger partial charge in [0.05, 0.1) is 0 Å². The predicted molar refractivity (Wildman–Crippen MR) is 123 cm³/mol. The minimum Gasteiger partial charge on any atom is -0.491 e. The molecule has 5 rings (SSSR count). The second-order valence-corrected chi connectivity index (χ2v) is 10.3. The van der Waals surface area contributed by atoms with E-state index in [-0.39, 0.29) is 0 Å². The summed E-state index contributed by atoms with van der Waals surface area (Å²) in [5, 5.41) is 14.2. The van der Waals surface area contributed by atoms with Gasteiger partial charge in [-0.1, -0.05) is 12.1 Å². The van der Waals surface area contributed by atoms with Gasteiger partial charge in [-0.15, -0.1) is 0 Å². The number of piperazine rings is 1. The molecule has 1 aromatic rings. The Hall–Kier alpha value is -1.18. The molecular weight excluding hydrogens is 388 g/mol. The van der Waals surface area contributed by atoms with Crippen LogP contribution in [-0.2, 0) is 6.54 Å². The minimum absolute atomic E-state index is 0.367. The maximum Gasteiger partial charge on any atom is 0.119 e. The first-order valence-electron chi connectivity index (χ1n) is 12.5. The lowest BCUT2D eigenvalue weighted by molar-refractivity contribution is 0.0476. The Morgan fingerprint density at radius 3 is 2.45 bits per heavy atom. The van der Waals surface area contributed by atoms with Crippen molar-refractivity contribution >= 4 is 0 Å². The first kappa shape index (κ1) is 21.7. The molecule has 31 heavy (non-hydrogen) atoms. The molecular formula is C25H40N4O2. The molecule has 1 saturated carbocycles. The van der Waals surface area contributed by atoms with E-state index in [1.807, 2.05) is 0 Å². The van der Waals surface area contributed by atoms with Gasteiger partial charge in [0.2, 0.25) is 0 Å². The number of hydrogen-bond acceptors (Lipinski definition) is 6. The monoisotopic (exact) mass is 428 g/mol. The smallest absolute Gasteiger partial charge is 0.119 e. The van der Waals surface area contributed by atoms with Crippen molar-refractivity contribution in [2.45, 2.75) is 62.8 Å². The second kappa shape index (κ2) is 9.75. The molecule has 6 heteroatoms. The third-order valence-electron chi connectivity index (χ3n) is 7.76. The highest BCUT2D eigenvalue weighted by Crippen LogP contribution is 2.37. The molecule has 4 fully saturated rings. The summed E-state index contributed by atoms with van der Waals surface area (Å²) in [5.74, 6) is 0.856. The van der Waals surface area contributed by atoms with Crippen molar-refractivity contribution in [3.8, 4) is 5.75 Å². The van der Waals surface area contributed by atoms with Crippen molar-refractivity contribution in [2.24, 2.45) is 0 Å². The summed E-state index contributed by atoms with van der Waals surface area (Å²) in [6.45, 7) is 10.3. The molecule has 1 atom stereocenters. The van der Waals surface area contributed by atoms with Crippen molar-refractivity contribution in [1.29, 1.82) is 0 Å². The van der Waals surface area contributed by atoms with Gasteiger partial charge < -0.3 is 25.0 Å². The number of β-amino-alcohol motifs (C(OH)–C–C–N with tert-alkyl or cyclic N) is 1. The van der Waals surface area contributed by atoms with E-state index in [4.69, 9.17) is 4.74 Å².